The lowest BCUT2D eigenvalue weighted by Gasteiger charge is -2.36. The van der Waals surface area contributed by atoms with E-state index in [1.165, 1.54) is 6.07 Å². The Bertz CT molecular complexity index is 1000. The van der Waals surface area contributed by atoms with Crippen molar-refractivity contribution in [2.75, 3.05) is 31.1 Å². The number of hydrogen-bond acceptors (Lipinski definition) is 3. The van der Waals surface area contributed by atoms with Crippen LogP contribution >= 0.6 is 0 Å². The van der Waals surface area contributed by atoms with Crippen molar-refractivity contribution in [2.45, 2.75) is 30.7 Å². The first-order valence-corrected chi connectivity index (χ1v) is 9.71. The second-order valence-corrected chi connectivity index (χ2v) is 7.88. The van der Waals surface area contributed by atoms with E-state index in [2.05, 4.69) is 10.2 Å². The predicted octanol–water partition coefficient (Wildman–Crippen LogP) is 5.05. The molecule has 0 aliphatic carbocycles. The summed E-state index contributed by atoms with van der Waals surface area (Å²) in [6.45, 7) is 2.71. The molecule has 5 rings (SSSR count). The minimum atomic E-state index is -4.92. The highest BCUT2D eigenvalue weighted by Gasteiger charge is 2.44. The Morgan fingerprint density at radius 2 is 1.80 bits per heavy atom. The second-order valence-electron chi connectivity index (χ2n) is 7.88. The summed E-state index contributed by atoms with van der Waals surface area (Å²) in [5.74, 6) is 0.606. The second kappa shape index (κ2) is 6.54. The molecule has 3 heterocycles. The van der Waals surface area contributed by atoms with Gasteiger partial charge in [-0.3, -0.25) is 0 Å². The normalized spacial score (nSPS) is 23.1. The molecule has 1 saturated heterocycles. The van der Waals surface area contributed by atoms with Crippen molar-refractivity contribution in [1.82, 2.24) is 5.32 Å². The van der Waals surface area contributed by atoms with Gasteiger partial charge in [-0.1, -0.05) is 6.07 Å². The van der Waals surface area contributed by atoms with Crippen LogP contribution in [0.5, 0.6) is 5.75 Å². The quantitative estimate of drug-likeness (QED) is 0.644. The molecule has 1 N–H and O–H groups in total. The van der Waals surface area contributed by atoms with Gasteiger partial charge in [0.25, 0.3) is 0 Å². The number of nitrogens with one attached hydrogen (secondary N) is 1. The van der Waals surface area contributed by atoms with Crippen LogP contribution in [0, 0.1) is 0 Å². The molecule has 0 bridgehead atoms. The van der Waals surface area contributed by atoms with E-state index in [4.69, 9.17) is 4.74 Å². The third-order valence-corrected chi connectivity index (χ3v) is 6.19. The maximum atomic E-state index is 13.7. The van der Waals surface area contributed by atoms with E-state index >= 15 is 0 Å². The molecular weight excluding hydrogens is 410 g/mol. The first-order valence-electron chi connectivity index (χ1n) is 9.71. The van der Waals surface area contributed by atoms with Gasteiger partial charge in [-0.2, -0.15) is 26.3 Å². The third kappa shape index (κ3) is 3.02. The molecular formula is C21H18F6N2O. The Morgan fingerprint density at radius 3 is 2.53 bits per heavy atom. The van der Waals surface area contributed by atoms with Crippen molar-refractivity contribution >= 4 is 5.69 Å². The highest BCUT2D eigenvalue weighted by atomic mass is 19.4. The Labute approximate surface area is 168 Å². The maximum absolute atomic E-state index is 13.7. The molecule has 0 aromatic heterocycles. The van der Waals surface area contributed by atoms with E-state index in [-0.39, 0.29) is 29.2 Å². The van der Waals surface area contributed by atoms with Gasteiger partial charge in [0, 0.05) is 18.5 Å². The SMILES string of the molecule is FC(F)(F)c1ccc(-c2cc3c4c(c2)[C@@H]2CNCC[C@@H]2N4CCO3)c(C(F)(F)F)c1. The number of halogens is 6. The predicted molar refractivity (Wildman–Crippen MR) is 98.7 cm³/mol. The number of nitrogens with zero attached hydrogens (tertiary/aromatic N) is 1. The van der Waals surface area contributed by atoms with Gasteiger partial charge in [0.1, 0.15) is 12.4 Å². The molecule has 3 nitrogen and oxygen atoms in total. The van der Waals surface area contributed by atoms with Crippen molar-refractivity contribution in [2.24, 2.45) is 0 Å². The van der Waals surface area contributed by atoms with E-state index in [1.807, 2.05) is 0 Å². The lowest BCUT2D eigenvalue weighted by molar-refractivity contribution is -0.142. The van der Waals surface area contributed by atoms with Crippen molar-refractivity contribution in [3.05, 3.63) is 47.0 Å². The summed E-state index contributed by atoms with van der Waals surface area (Å²) in [5.41, 5.74) is -0.870. The van der Waals surface area contributed by atoms with Gasteiger partial charge in [0.05, 0.1) is 23.4 Å². The van der Waals surface area contributed by atoms with E-state index < -0.39 is 23.5 Å². The number of fused-ring (bicyclic) bond motifs is 3. The number of ether oxygens (including phenoxy) is 1. The van der Waals surface area contributed by atoms with Crippen molar-refractivity contribution in [3.63, 3.8) is 0 Å². The van der Waals surface area contributed by atoms with Gasteiger partial charge in [-0.25, -0.2) is 0 Å². The number of benzene rings is 2. The number of alkyl halides is 6. The summed E-state index contributed by atoms with van der Waals surface area (Å²) in [7, 11) is 0. The van der Waals surface area contributed by atoms with Crippen LogP contribution in [0.3, 0.4) is 0 Å². The number of piperidine rings is 1. The van der Waals surface area contributed by atoms with Crippen LogP contribution in [0.4, 0.5) is 32.0 Å². The molecule has 9 heteroatoms. The van der Waals surface area contributed by atoms with Crippen LogP contribution in [0.1, 0.15) is 29.0 Å². The fraction of sp³-hybridized carbons (Fsp3) is 0.429. The summed E-state index contributed by atoms with van der Waals surface area (Å²) >= 11 is 0. The van der Waals surface area contributed by atoms with Crippen LogP contribution in [0.2, 0.25) is 0 Å². The molecule has 30 heavy (non-hydrogen) atoms. The monoisotopic (exact) mass is 428 g/mol. The summed E-state index contributed by atoms with van der Waals surface area (Å²) in [4.78, 5) is 2.26. The van der Waals surface area contributed by atoms with Gasteiger partial charge in [0.2, 0.25) is 0 Å². The van der Waals surface area contributed by atoms with Gasteiger partial charge < -0.3 is 15.0 Å². The zero-order valence-electron chi connectivity index (χ0n) is 15.7. The Kier molecular flexibility index (Phi) is 4.26. The Hall–Kier alpha value is -2.42. The average Bonchev–Trinajstić information content (AvgIpc) is 3.02. The number of anilines is 1. The van der Waals surface area contributed by atoms with Crippen molar-refractivity contribution in [1.29, 1.82) is 0 Å². The highest BCUT2D eigenvalue weighted by Crippen LogP contribution is 2.52. The van der Waals surface area contributed by atoms with Gasteiger partial charge in [-0.05, 0) is 53.9 Å². The van der Waals surface area contributed by atoms with Crippen LogP contribution < -0.4 is 15.0 Å². The first-order chi connectivity index (χ1) is 14.1. The zero-order valence-corrected chi connectivity index (χ0v) is 15.7. The Balaban J connectivity index is 1.68. The molecule has 2 aromatic rings. The first kappa shape index (κ1) is 19.5. The average molecular weight is 428 g/mol. The van der Waals surface area contributed by atoms with Crippen LogP contribution in [0.25, 0.3) is 11.1 Å². The van der Waals surface area contributed by atoms with E-state index in [9.17, 15) is 26.3 Å². The molecule has 160 valence electrons. The largest absolute Gasteiger partial charge is 0.490 e. The number of hydrogen-bond donors (Lipinski definition) is 1. The molecule has 1 fully saturated rings. The van der Waals surface area contributed by atoms with Gasteiger partial charge in [0.15, 0.2) is 0 Å². The van der Waals surface area contributed by atoms with E-state index in [0.29, 0.717) is 31.5 Å². The van der Waals surface area contributed by atoms with Crippen LogP contribution in [-0.4, -0.2) is 32.3 Å². The standard InChI is InChI=1S/C21H18F6N2O/c22-20(23,24)12-1-2-13(16(9-12)21(25,26)27)11-7-14-15-10-28-4-3-17(15)29-5-6-30-18(8-11)19(14)29/h1-2,7-9,15,17,28H,3-6,10H2/t15-,17-/m0/s1. The molecule has 2 aromatic carbocycles. The highest BCUT2D eigenvalue weighted by molar-refractivity contribution is 5.80. The number of rotatable bonds is 1. The van der Waals surface area contributed by atoms with Crippen molar-refractivity contribution in [3.8, 4) is 16.9 Å². The summed E-state index contributed by atoms with van der Waals surface area (Å²) < 4.78 is 85.9. The molecule has 0 amide bonds. The van der Waals surface area contributed by atoms with Crippen LogP contribution in [-0.2, 0) is 12.4 Å². The lowest BCUT2D eigenvalue weighted by Crippen LogP contribution is -2.46. The molecule has 3 aliphatic rings. The fourth-order valence-corrected chi connectivity index (χ4v) is 4.92. The molecule has 2 atom stereocenters. The summed E-state index contributed by atoms with van der Waals surface area (Å²) in [5, 5.41) is 3.33. The molecule has 0 unspecified atom stereocenters. The minimum Gasteiger partial charge on any atom is -0.490 e. The fourth-order valence-electron chi connectivity index (χ4n) is 4.92. The maximum Gasteiger partial charge on any atom is 0.417 e. The lowest BCUT2D eigenvalue weighted by atomic mass is 9.87. The van der Waals surface area contributed by atoms with E-state index in [1.54, 1.807) is 6.07 Å². The van der Waals surface area contributed by atoms with Gasteiger partial charge >= 0.3 is 12.4 Å². The summed E-state index contributed by atoms with van der Waals surface area (Å²) in [6, 6.07) is 5.26. The van der Waals surface area contributed by atoms with Gasteiger partial charge in [-0.15, -0.1) is 0 Å². The molecule has 3 aliphatic heterocycles. The minimum absolute atomic E-state index is 0.109. The summed E-state index contributed by atoms with van der Waals surface area (Å²) in [6.07, 6.45) is -8.86. The third-order valence-electron chi connectivity index (χ3n) is 6.19. The topological polar surface area (TPSA) is 24.5 Å². The zero-order chi connectivity index (χ0) is 21.3. The van der Waals surface area contributed by atoms with E-state index in [0.717, 1.165) is 30.3 Å². The van der Waals surface area contributed by atoms with Crippen LogP contribution in [0.15, 0.2) is 30.3 Å². The molecule has 0 radical (unpaired) electrons. The smallest absolute Gasteiger partial charge is 0.417 e. The van der Waals surface area contributed by atoms with Crippen molar-refractivity contribution < 1.29 is 31.1 Å². The molecule has 0 spiro atoms. The Morgan fingerprint density at radius 1 is 1.00 bits per heavy atom. The molecule has 0 saturated carbocycles.